The van der Waals surface area contributed by atoms with E-state index in [2.05, 4.69) is 0 Å². The van der Waals surface area contributed by atoms with Crippen molar-refractivity contribution in [1.82, 2.24) is 0 Å². The predicted octanol–water partition coefficient (Wildman–Crippen LogP) is 3.53. The maximum atomic E-state index is 12.9. The second-order valence-electron chi connectivity index (χ2n) is 2.71. The number of ether oxygens (including phenoxy) is 1. The van der Waals surface area contributed by atoms with Gasteiger partial charge >= 0.3 is 5.97 Å². The Morgan fingerprint density at radius 1 is 1.47 bits per heavy atom. The summed E-state index contributed by atoms with van der Waals surface area (Å²) in [6.45, 7) is 1.25. The van der Waals surface area contributed by atoms with Crippen LogP contribution in [0.4, 0.5) is 4.39 Å². The third-order valence-corrected chi connectivity index (χ3v) is 1.71. The Morgan fingerprint density at radius 2 is 2.13 bits per heavy atom. The molecule has 0 N–H and O–H groups in total. The second-order valence-corrected chi connectivity index (χ2v) is 3.72. The monoisotopic (exact) mass is 248 g/mol. The van der Waals surface area contributed by atoms with Gasteiger partial charge in [-0.25, -0.2) is 4.39 Å². The first kappa shape index (κ1) is 12.0. The zero-order valence-electron chi connectivity index (χ0n) is 7.76. The van der Waals surface area contributed by atoms with Crippen LogP contribution in [0.15, 0.2) is 22.7 Å². The van der Waals surface area contributed by atoms with E-state index < -0.39 is 11.8 Å². The Bertz CT molecular complexity index is 412. The van der Waals surface area contributed by atoms with Crippen LogP contribution < -0.4 is 4.74 Å². The molecule has 0 aliphatic heterocycles. The third-order valence-electron chi connectivity index (χ3n) is 1.49. The summed E-state index contributed by atoms with van der Waals surface area (Å²) >= 11 is 10.9. The number of halogens is 3. The van der Waals surface area contributed by atoms with Crippen molar-refractivity contribution in [3.63, 3.8) is 0 Å². The Kier molecular flexibility index (Phi) is 4.12. The summed E-state index contributed by atoms with van der Waals surface area (Å²) in [5, 5.41) is 0. The zero-order valence-corrected chi connectivity index (χ0v) is 9.27. The third kappa shape index (κ3) is 3.90. The van der Waals surface area contributed by atoms with Gasteiger partial charge in [-0.05, 0) is 24.3 Å². The van der Waals surface area contributed by atoms with Crippen molar-refractivity contribution in [2.24, 2.45) is 0 Å². The highest BCUT2D eigenvalue weighted by Gasteiger charge is 2.06. The highest BCUT2D eigenvalue weighted by atomic mass is 35.5. The first-order valence-electron chi connectivity index (χ1n) is 3.99. The lowest BCUT2D eigenvalue weighted by Gasteiger charge is -2.05. The van der Waals surface area contributed by atoms with Gasteiger partial charge in [0, 0.05) is 12.5 Å². The average Bonchev–Trinajstić information content (AvgIpc) is 2.08. The summed E-state index contributed by atoms with van der Waals surface area (Å²) in [7, 11) is 0. The minimum absolute atomic E-state index is 0.0472. The molecule has 0 heterocycles. The van der Waals surface area contributed by atoms with Crippen LogP contribution in [0.2, 0.25) is 0 Å². The largest absolute Gasteiger partial charge is 0.426 e. The molecule has 1 aromatic rings. The lowest BCUT2D eigenvalue weighted by Crippen LogP contribution is -2.02. The van der Waals surface area contributed by atoms with Crippen molar-refractivity contribution in [3.05, 3.63) is 34.1 Å². The topological polar surface area (TPSA) is 26.3 Å². The Balaban J connectivity index is 3.14. The molecule has 1 aromatic carbocycles. The summed E-state index contributed by atoms with van der Waals surface area (Å²) in [6.07, 6.45) is 1.30. The van der Waals surface area contributed by atoms with Crippen molar-refractivity contribution >= 4 is 35.2 Å². The highest BCUT2D eigenvalue weighted by Crippen LogP contribution is 2.24. The molecule has 5 heteroatoms. The van der Waals surface area contributed by atoms with Crippen LogP contribution in [-0.4, -0.2) is 5.97 Å². The average molecular weight is 249 g/mol. The van der Waals surface area contributed by atoms with Crippen LogP contribution in [0.5, 0.6) is 5.75 Å². The van der Waals surface area contributed by atoms with Crippen molar-refractivity contribution in [3.8, 4) is 5.75 Å². The Morgan fingerprint density at radius 3 is 2.67 bits per heavy atom. The molecule has 0 spiro atoms. The van der Waals surface area contributed by atoms with Crippen molar-refractivity contribution in [2.75, 3.05) is 0 Å². The number of carbonyl (C=O) groups excluding carboxylic acids is 1. The molecule has 0 unspecified atom stereocenters. The van der Waals surface area contributed by atoms with Crippen LogP contribution in [0.25, 0.3) is 6.08 Å². The van der Waals surface area contributed by atoms with E-state index in [0.717, 1.165) is 0 Å². The maximum absolute atomic E-state index is 12.9. The van der Waals surface area contributed by atoms with Gasteiger partial charge in [0.05, 0.1) is 0 Å². The van der Waals surface area contributed by atoms with Gasteiger partial charge < -0.3 is 4.74 Å². The number of benzene rings is 1. The van der Waals surface area contributed by atoms with Gasteiger partial charge in [0.15, 0.2) is 0 Å². The van der Waals surface area contributed by atoms with Crippen LogP contribution in [0, 0.1) is 5.82 Å². The molecule has 0 aromatic heterocycles. The number of hydrogen-bond acceptors (Lipinski definition) is 2. The van der Waals surface area contributed by atoms with Crippen molar-refractivity contribution in [1.29, 1.82) is 0 Å². The van der Waals surface area contributed by atoms with Crippen LogP contribution in [0.1, 0.15) is 12.5 Å². The molecule has 0 radical (unpaired) electrons. The molecule has 0 atom stereocenters. The van der Waals surface area contributed by atoms with Crippen LogP contribution in [-0.2, 0) is 4.79 Å². The van der Waals surface area contributed by atoms with Crippen LogP contribution in [0.3, 0.4) is 0 Å². The fourth-order valence-electron chi connectivity index (χ4n) is 0.997. The first-order chi connectivity index (χ1) is 6.99. The predicted molar refractivity (Wildman–Crippen MR) is 57.4 cm³/mol. The van der Waals surface area contributed by atoms with Crippen molar-refractivity contribution < 1.29 is 13.9 Å². The minimum Gasteiger partial charge on any atom is -0.426 e. The standard InChI is InChI=1S/C10H7Cl2FO2/c1-6(14)15-9-3-2-8(13)4-7(9)5-10(11)12/h2-5H,1H3. The summed E-state index contributed by atoms with van der Waals surface area (Å²) in [4.78, 5) is 10.7. The molecule has 0 bridgehead atoms. The fourth-order valence-corrected chi connectivity index (χ4v) is 1.23. The van der Waals surface area contributed by atoms with Gasteiger partial charge in [-0.3, -0.25) is 4.79 Å². The minimum atomic E-state index is -0.498. The highest BCUT2D eigenvalue weighted by molar-refractivity contribution is 6.57. The Labute approximate surface area is 96.2 Å². The number of hydrogen-bond donors (Lipinski definition) is 0. The summed E-state index contributed by atoms with van der Waals surface area (Å²) in [6, 6.07) is 3.68. The van der Waals surface area contributed by atoms with Gasteiger partial charge in [0.1, 0.15) is 16.1 Å². The molecule has 0 fully saturated rings. The number of esters is 1. The lowest BCUT2D eigenvalue weighted by molar-refractivity contribution is -0.131. The van der Waals surface area contributed by atoms with E-state index in [1.807, 2.05) is 0 Å². The van der Waals surface area contributed by atoms with E-state index in [9.17, 15) is 9.18 Å². The SMILES string of the molecule is CC(=O)Oc1ccc(F)cc1C=C(Cl)Cl. The fraction of sp³-hybridized carbons (Fsp3) is 0.100. The molecule has 0 saturated carbocycles. The normalized spacial score (nSPS) is 9.60. The summed E-state index contributed by atoms with van der Waals surface area (Å²) in [5.41, 5.74) is 0.310. The Hall–Kier alpha value is -1.06. The lowest BCUT2D eigenvalue weighted by atomic mass is 10.2. The first-order valence-corrected chi connectivity index (χ1v) is 4.75. The van der Waals surface area contributed by atoms with E-state index in [1.165, 1.54) is 31.2 Å². The van der Waals surface area contributed by atoms with Gasteiger partial charge in [-0.1, -0.05) is 23.2 Å². The molecule has 0 saturated heterocycles. The molecule has 0 amide bonds. The van der Waals surface area contributed by atoms with Gasteiger partial charge in [-0.15, -0.1) is 0 Å². The van der Waals surface area contributed by atoms with E-state index in [1.54, 1.807) is 0 Å². The number of carbonyl (C=O) groups is 1. The molecular formula is C10H7Cl2FO2. The van der Waals surface area contributed by atoms with E-state index in [-0.39, 0.29) is 10.2 Å². The molecule has 80 valence electrons. The molecular weight excluding hydrogens is 242 g/mol. The summed E-state index contributed by atoms with van der Waals surface area (Å²) < 4.78 is 17.7. The van der Waals surface area contributed by atoms with E-state index in [4.69, 9.17) is 27.9 Å². The molecule has 15 heavy (non-hydrogen) atoms. The molecule has 1 rings (SSSR count). The number of rotatable bonds is 2. The summed E-state index contributed by atoms with van der Waals surface area (Å²) in [5.74, 6) is -0.753. The smallest absolute Gasteiger partial charge is 0.308 e. The molecule has 0 aliphatic carbocycles. The quantitative estimate of drug-likeness (QED) is 0.592. The van der Waals surface area contributed by atoms with E-state index in [0.29, 0.717) is 5.56 Å². The second kappa shape index (κ2) is 5.14. The van der Waals surface area contributed by atoms with E-state index >= 15 is 0 Å². The molecule has 2 nitrogen and oxygen atoms in total. The van der Waals surface area contributed by atoms with Gasteiger partial charge in [0.2, 0.25) is 0 Å². The van der Waals surface area contributed by atoms with Crippen LogP contribution >= 0.6 is 23.2 Å². The zero-order chi connectivity index (χ0) is 11.4. The van der Waals surface area contributed by atoms with Gasteiger partial charge in [-0.2, -0.15) is 0 Å². The van der Waals surface area contributed by atoms with Crippen molar-refractivity contribution in [2.45, 2.75) is 6.92 Å². The maximum Gasteiger partial charge on any atom is 0.308 e. The molecule has 0 aliphatic rings. The van der Waals surface area contributed by atoms with Gasteiger partial charge in [0.25, 0.3) is 0 Å².